The first kappa shape index (κ1) is 38.1. The number of fused-ring (bicyclic) bond motifs is 1. The molecule has 3 fully saturated rings. The average Bonchev–Trinajstić information content (AvgIpc) is 3.11. The van der Waals surface area contributed by atoms with Crippen LogP contribution in [-0.4, -0.2) is 155 Å². The first-order valence-corrected chi connectivity index (χ1v) is 16.2. The first-order chi connectivity index (χ1) is 24.6. The minimum atomic E-state index is -1.98. The number of hydrogen-bond donors (Lipinski definition) is 11. The Balaban J connectivity index is 1.32. The highest BCUT2D eigenvalue weighted by molar-refractivity contribution is 5.88. The maximum Gasteiger partial charge on any atom is 0.239 e. The van der Waals surface area contributed by atoms with Crippen LogP contribution in [0.25, 0.3) is 22.3 Å². The number of phenolic OH excluding ortho intramolecular Hbond substituents is 2. The Morgan fingerprint density at radius 3 is 1.79 bits per heavy atom. The van der Waals surface area contributed by atoms with E-state index in [1.807, 2.05) is 0 Å². The number of rotatable bonds is 8. The second kappa shape index (κ2) is 15.0. The third-order valence-corrected chi connectivity index (χ3v) is 9.23. The summed E-state index contributed by atoms with van der Waals surface area (Å²) in [6.07, 6.45) is -23.5. The predicted molar refractivity (Wildman–Crippen MR) is 170 cm³/mol. The number of aromatic hydroxyl groups is 2. The van der Waals surface area contributed by atoms with E-state index in [-0.39, 0.29) is 28.4 Å². The predicted octanol–water partition coefficient (Wildman–Crippen LogP) is -2.89. The molecule has 1 aromatic heterocycles. The average molecular weight is 741 g/mol. The van der Waals surface area contributed by atoms with E-state index in [4.69, 9.17) is 32.8 Å². The lowest BCUT2D eigenvalue weighted by molar-refractivity contribution is -0.318. The molecule has 0 bridgehead atoms. The van der Waals surface area contributed by atoms with E-state index in [0.29, 0.717) is 0 Å². The van der Waals surface area contributed by atoms with Crippen molar-refractivity contribution in [2.45, 2.75) is 106 Å². The van der Waals surface area contributed by atoms with Crippen LogP contribution in [0.3, 0.4) is 0 Å². The lowest BCUT2D eigenvalue weighted by Gasteiger charge is -2.42. The van der Waals surface area contributed by atoms with Crippen molar-refractivity contribution >= 4 is 11.0 Å². The lowest BCUT2D eigenvalue weighted by Crippen LogP contribution is -2.61. The van der Waals surface area contributed by atoms with Gasteiger partial charge in [0, 0.05) is 17.7 Å². The van der Waals surface area contributed by atoms with Gasteiger partial charge in [-0.2, -0.15) is 0 Å². The molecular weight excluding hydrogens is 700 g/mol. The Hall–Kier alpha value is -3.67. The number of ether oxygens (including phenoxy) is 6. The zero-order valence-electron chi connectivity index (χ0n) is 27.5. The Morgan fingerprint density at radius 2 is 1.17 bits per heavy atom. The summed E-state index contributed by atoms with van der Waals surface area (Å²) < 4.78 is 39.5. The molecule has 3 aromatic rings. The molecule has 0 spiro atoms. The SMILES string of the molecule is C[C@@H]1O[C@@H](Oc2cc(O)c3c(=O)c(O[C@@H]4O[C@H](CO[C@H]5O[C@@H](C)[C@H](O)[C@@H](O)[C@H]5O)[C@@H](O)[C@H](O)[C@H]4O)c(-c4ccc(O)cc4)oc3c2)[C@H](O)[C@H](O)[C@H]1O. The van der Waals surface area contributed by atoms with Crippen molar-refractivity contribution in [1.29, 1.82) is 0 Å². The number of benzene rings is 2. The van der Waals surface area contributed by atoms with E-state index in [2.05, 4.69) is 0 Å². The van der Waals surface area contributed by atoms with E-state index in [1.54, 1.807) is 0 Å². The number of phenols is 2. The van der Waals surface area contributed by atoms with Gasteiger partial charge in [-0.25, -0.2) is 0 Å². The molecular formula is C33H40O19. The summed E-state index contributed by atoms with van der Waals surface area (Å²) in [6, 6.07) is 7.38. The molecule has 3 aliphatic heterocycles. The van der Waals surface area contributed by atoms with Crippen molar-refractivity contribution in [2.75, 3.05) is 6.61 Å². The van der Waals surface area contributed by atoms with E-state index in [1.165, 1.54) is 44.2 Å². The van der Waals surface area contributed by atoms with Crippen LogP contribution in [0.4, 0.5) is 0 Å². The second-order valence-electron chi connectivity index (χ2n) is 12.9. The summed E-state index contributed by atoms with van der Waals surface area (Å²) in [7, 11) is 0. The van der Waals surface area contributed by atoms with Crippen LogP contribution in [0, 0.1) is 0 Å². The first-order valence-electron chi connectivity index (χ1n) is 16.2. The van der Waals surface area contributed by atoms with Crippen LogP contribution in [0.2, 0.25) is 0 Å². The van der Waals surface area contributed by atoms with Gasteiger partial charge < -0.3 is 89.0 Å². The summed E-state index contributed by atoms with van der Waals surface area (Å²) in [5, 5.41) is 114. The van der Waals surface area contributed by atoms with Gasteiger partial charge in [-0.3, -0.25) is 4.79 Å². The maximum atomic E-state index is 14.0. The summed E-state index contributed by atoms with van der Waals surface area (Å²) in [5.74, 6) is -2.01. The third-order valence-electron chi connectivity index (χ3n) is 9.23. The highest BCUT2D eigenvalue weighted by atomic mass is 16.7. The molecule has 2 aromatic carbocycles. The Bertz CT molecular complexity index is 1770. The molecule has 0 unspecified atom stereocenters. The van der Waals surface area contributed by atoms with Gasteiger partial charge in [0.1, 0.15) is 89.3 Å². The van der Waals surface area contributed by atoms with E-state index < -0.39 is 121 Å². The monoisotopic (exact) mass is 740 g/mol. The van der Waals surface area contributed by atoms with Gasteiger partial charge in [-0.1, -0.05) is 0 Å². The molecule has 0 saturated carbocycles. The fraction of sp³-hybridized carbons (Fsp3) is 0.545. The fourth-order valence-electron chi connectivity index (χ4n) is 6.09. The standard InChI is InChI=1S/C33H40O19/c1-10-19(36)23(40)26(43)31(47-10)46-9-17-21(38)25(42)28(45)33(51-17)52-30-22(39)18-15(35)7-14(49-32-27(44)24(41)20(37)11(2)48-32)8-16(18)50-29(30)12-3-5-13(34)6-4-12/h3-8,10-11,17,19-21,23-28,31-38,40-45H,9H2,1-2H3/t10-,11-,17+,19-,20-,21+,23+,24+,25-,26+,27+,28+,31-,32-,33-/m0/s1. The molecule has 286 valence electrons. The fourth-order valence-corrected chi connectivity index (χ4v) is 6.09. The smallest absolute Gasteiger partial charge is 0.239 e. The van der Waals surface area contributed by atoms with E-state index in [9.17, 15) is 61.0 Å². The summed E-state index contributed by atoms with van der Waals surface area (Å²) in [5.41, 5.74) is -1.16. The van der Waals surface area contributed by atoms with Crippen molar-refractivity contribution in [3.8, 4) is 34.3 Å². The van der Waals surface area contributed by atoms with Gasteiger partial charge >= 0.3 is 0 Å². The van der Waals surface area contributed by atoms with Gasteiger partial charge in [0.05, 0.1) is 18.8 Å². The second-order valence-corrected chi connectivity index (χ2v) is 12.9. The summed E-state index contributed by atoms with van der Waals surface area (Å²) in [6.45, 7) is 2.25. The van der Waals surface area contributed by atoms with Gasteiger partial charge in [-0.05, 0) is 38.1 Å². The molecule has 11 N–H and O–H groups in total. The van der Waals surface area contributed by atoms with Crippen LogP contribution in [0.1, 0.15) is 13.8 Å². The van der Waals surface area contributed by atoms with Crippen molar-refractivity contribution < 1.29 is 89.0 Å². The van der Waals surface area contributed by atoms with Gasteiger partial charge in [0.2, 0.25) is 23.8 Å². The van der Waals surface area contributed by atoms with Gasteiger partial charge in [-0.15, -0.1) is 0 Å². The molecule has 3 aliphatic rings. The Labute approximate surface area is 293 Å². The Morgan fingerprint density at radius 1 is 0.635 bits per heavy atom. The minimum Gasteiger partial charge on any atom is -0.508 e. The van der Waals surface area contributed by atoms with E-state index >= 15 is 0 Å². The summed E-state index contributed by atoms with van der Waals surface area (Å²) >= 11 is 0. The highest BCUT2D eigenvalue weighted by Gasteiger charge is 2.48. The maximum absolute atomic E-state index is 14.0. The van der Waals surface area contributed by atoms with Crippen LogP contribution in [0.5, 0.6) is 23.0 Å². The number of aliphatic hydroxyl groups excluding tert-OH is 9. The molecule has 0 radical (unpaired) electrons. The topological polar surface area (TPSA) is 308 Å². The van der Waals surface area contributed by atoms with Crippen molar-refractivity contribution in [3.05, 3.63) is 46.6 Å². The molecule has 3 saturated heterocycles. The van der Waals surface area contributed by atoms with Gasteiger partial charge in [0.25, 0.3) is 0 Å². The third kappa shape index (κ3) is 7.16. The quantitative estimate of drug-likeness (QED) is 0.110. The molecule has 0 amide bonds. The highest BCUT2D eigenvalue weighted by Crippen LogP contribution is 2.38. The largest absolute Gasteiger partial charge is 0.508 e. The van der Waals surface area contributed by atoms with Crippen molar-refractivity contribution in [1.82, 2.24) is 0 Å². The summed E-state index contributed by atoms with van der Waals surface area (Å²) in [4.78, 5) is 14.0. The van der Waals surface area contributed by atoms with Crippen LogP contribution in [0.15, 0.2) is 45.6 Å². The zero-order chi connectivity index (χ0) is 37.8. The Kier molecular flexibility index (Phi) is 11.0. The van der Waals surface area contributed by atoms with Crippen molar-refractivity contribution in [3.63, 3.8) is 0 Å². The number of hydrogen-bond acceptors (Lipinski definition) is 19. The normalized spacial score (nSPS) is 38.2. The molecule has 19 nitrogen and oxygen atoms in total. The van der Waals surface area contributed by atoms with Crippen LogP contribution >= 0.6 is 0 Å². The van der Waals surface area contributed by atoms with E-state index in [0.717, 1.165) is 6.07 Å². The van der Waals surface area contributed by atoms with Crippen molar-refractivity contribution in [2.24, 2.45) is 0 Å². The van der Waals surface area contributed by atoms with Crippen LogP contribution in [-0.2, 0) is 18.9 Å². The zero-order valence-corrected chi connectivity index (χ0v) is 27.5. The van der Waals surface area contributed by atoms with Crippen LogP contribution < -0.4 is 14.9 Å². The molecule has 0 aliphatic carbocycles. The lowest BCUT2D eigenvalue weighted by atomic mass is 9.98. The molecule has 19 heteroatoms. The molecule has 4 heterocycles. The number of aliphatic hydroxyl groups is 9. The van der Waals surface area contributed by atoms with Gasteiger partial charge in [0.15, 0.2) is 12.1 Å². The molecule has 52 heavy (non-hydrogen) atoms. The minimum absolute atomic E-state index is 0.138. The molecule has 6 rings (SSSR count). The molecule has 15 atom stereocenters.